The molecule has 2 aromatic heterocycles. The molecule has 0 N–H and O–H groups in total. The van der Waals surface area contributed by atoms with Gasteiger partial charge in [0.2, 0.25) is 0 Å². The van der Waals surface area contributed by atoms with Crippen molar-refractivity contribution in [3.05, 3.63) is 94.5 Å². The molecule has 0 saturated heterocycles. The van der Waals surface area contributed by atoms with Gasteiger partial charge in [-0.15, -0.1) is 0 Å². The molecule has 0 saturated carbocycles. The minimum absolute atomic E-state index is 0.0475. The molecule has 0 atom stereocenters. The van der Waals surface area contributed by atoms with Gasteiger partial charge in [0.1, 0.15) is 5.75 Å². The Morgan fingerprint density at radius 1 is 1.00 bits per heavy atom. The molecule has 4 aromatic rings. The third-order valence-corrected chi connectivity index (χ3v) is 5.51. The summed E-state index contributed by atoms with van der Waals surface area (Å²) in [5, 5.41) is 1.30. The number of thioether (sulfide) groups is 1. The topological polar surface area (TPSA) is 57.0 Å². The highest BCUT2D eigenvalue weighted by atomic mass is 32.2. The standard InChI is InChI=1S/C22H19N3O2S/c1-27-20-9-5-2-6-17(20)14-25-21(26)18-7-3-4-8-19(18)24-22(25)28-15-16-10-12-23-13-11-16/h2-13H,14-15H2,1H3. The zero-order valence-electron chi connectivity index (χ0n) is 15.4. The first-order valence-electron chi connectivity index (χ1n) is 8.89. The molecule has 0 aliphatic heterocycles. The van der Waals surface area contributed by atoms with E-state index in [4.69, 9.17) is 9.72 Å². The van der Waals surface area contributed by atoms with E-state index in [1.165, 1.54) is 0 Å². The molecule has 0 amide bonds. The lowest BCUT2D eigenvalue weighted by atomic mass is 10.2. The summed E-state index contributed by atoms with van der Waals surface area (Å²) >= 11 is 1.55. The Hall–Kier alpha value is -3.12. The lowest BCUT2D eigenvalue weighted by Crippen LogP contribution is -2.24. The number of hydrogen-bond acceptors (Lipinski definition) is 5. The fraction of sp³-hybridized carbons (Fsp3) is 0.136. The third kappa shape index (κ3) is 3.77. The van der Waals surface area contributed by atoms with Gasteiger partial charge in [0, 0.05) is 23.7 Å². The van der Waals surface area contributed by atoms with Gasteiger partial charge in [0.15, 0.2) is 5.16 Å². The largest absolute Gasteiger partial charge is 0.496 e. The average molecular weight is 389 g/mol. The number of fused-ring (bicyclic) bond motifs is 1. The van der Waals surface area contributed by atoms with Crippen LogP contribution in [0.25, 0.3) is 10.9 Å². The van der Waals surface area contributed by atoms with Gasteiger partial charge in [-0.1, -0.05) is 42.1 Å². The van der Waals surface area contributed by atoms with Crippen molar-refractivity contribution in [2.24, 2.45) is 0 Å². The lowest BCUT2D eigenvalue weighted by molar-refractivity contribution is 0.407. The molecule has 0 radical (unpaired) electrons. The van der Waals surface area contributed by atoms with Crippen molar-refractivity contribution in [1.82, 2.24) is 14.5 Å². The van der Waals surface area contributed by atoms with Crippen molar-refractivity contribution < 1.29 is 4.74 Å². The molecular formula is C22H19N3O2S. The summed E-state index contributed by atoms with van der Waals surface area (Å²) in [5.41, 5.74) is 2.73. The smallest absolute Gasteiger partial charge is 0.262 e. The predicted octanol–water partition coefficient (Wildman–Crippen LogP) is 4.14. The molecule has 140 valence electrons. The Morgan fingerprint density at radius 2 is 1.75 bits per heavy atom. The van der Waals surface area contributed by atoms with E-state index < -0.39 is 0 Å². The summed E-state index contributed by atoms with van der Waals surface area (Å²) < 4.78 is 7.19. The second kappa shape index (κ2) is 8.27. The van der Waals surface area contributed by atoms with E-state index in [9.17, 15) is 4.79 Å². The van der Waals surface area contributed by atoms with Gasteiger partial charge in [0.25, 0.3) is 5.56 Å². The van der Waals surface area contributed by atoms with Crippen LogP contribution in [0.15, 0.2) is 83.0 Å². The van der Waals surface area contributed by atoms with Crippen LogP contribution < -0.4 is 10.3 Å². The molecular weight excluding hydrogens is 370 g/mol. The van der Waals surface area contributed by atoms with Gasteiger partial charge in [-0.05, 0) is 35.9 Å². The number of pyridine rings is 1. The van der Waals surface area contributed by atoms with Crippen molar-refractivity contribution >= 4 is 22.7 Å². The highest BCUT2D eigenvalue weighted by Gasteiger charge is 2.14. The SMILES string of the molecule is COc1ccccc1Cn1c(SCc2ccncc2)nc2ccccc2c1=O. The number of para-hydroxylation sites is 2. The number of aromatic nitrogens is 3. The van der Waals surface area contributed by atoms with Crippen molar-refractivity contribution in [3.63, 3.8) is 0 Å². The first kappa shape index (κ1) is 18.3. The molecule has 2 heterocycles. The highest BCUT2D eigenvalue weighted by Crippen LogP contribution is 2.24. The maximum atomic E-state index is 13.2. The van der Waals surface area contributed by atoms with E-state index in [0.717, 1.165) is 16.9 Å². The summed E-state index contributed by atoms with van der Waals surface area (Å²) in [7, 11) is 1.64. The van der Waals surface area contributed by atoms with E-state index in [2.05, 4.69) is 4.98 Å². The first-order chi connectivity index (χ1) is 13.8. The third-order valence-electron chi connectivity index (χ3n) is 4.46. The minimum atomic E-state index is -0.0475. The van der Waals surface area contributed by atoms with Crippen LogP contribution in [-0.4, -0.2) is 21.6 Å². The normalized spacial score (nSPS) is 10.9. The van der Waals surface area contributed by atoms with Crippen LogP contribution in [0, 0.1) is 0 Å². The van der Waals surface area contributed by atoms with E-state index in [-0.39, 0.29) is 5.56 Å². The summed E-state index contributed by atoms with van der Waals surface area (Å²) in [6, 6.07) is 19.1. The number of ether oxygens (including phenoxy) is 1. The van der Waals surface area contributed by atoms with Gasteiger partial charge < -0.3 is 4.74 Å². The number of hydrogen-bond donors (Lipinski definition) is 0. The van der Waals surface area contributed by atoms with Gasteiger partial charge >= 0.3 is 0 Å². The summed E-state index contributed by atoms with van der Waals surface area (Å²) in [5.74, 6) is 1.46. The Morgan fingerprint density at radius 3 is 2.57 bits per heavy atom. The summed E-state index contributed by atoms with van der Waals surface area (Å²) in [6.07, 6.45) is 3.54. The minimum Gasteiger partial charge on any atom is -0.496 e. The zero-order chi connectivity index (χ0) is 19.3. The number of benzene rings is 2. The molecule has 0 aliphatic carbocycles. The lowest BCUT2D eigenvalue weighted by Gasteiger charge is -2.15. The Kier molecular flexibility index (Phi) is 5.39. The Balaban J connectivity index is 1.78. The molecule has 0 spiro atoms. The molecule has 5 nitrogen and oxygen atoms in total. The fourth-order valence-electron chi connectivity index (χ4n) is 3.03. The average Bonchev–Trinajstić information content (AvgIpc) is 2.75. The molecule has 0 aliphatic rings. The second-order valence-corrected chi connectivity index (χ2v) is 7.20. The molecule has 28 heavy (non-hydrogen) atoms. The van der Waals surface area contributed by atoms with Crippen molar-refractivity contribution in [2.45, 2.75) is 17.5 Å². The first-order valence-corrected chi connectivity index (χ1v) is 9.88. The van der Waals surface area contributed by atoms with Gasteiger partial charge in [0.05, 0.1) is 24.6 Å². The molecule has 0 bridgehead atoms. The van der Waals surface area contributed by atoms with Crippen LogP contribution >= 0.6 is 11.8 Å². The van der Waals surface area contributed by atoms with Gasteiger partial charge in [-0.25, -0.2) is 4.98 Å². The highest BCUT2D eigenvalue weighted by molar-refractivity contribution is 7.98. The van der Waals surface area contributed by atoms with E-state index in [0.29, 0.717) is 28.4 Å². The van der Waals surface area contributed by atoms with E-state index >= 15 is 0 Å². The number of rotatable bonds is 6. The summed E-state index contributed by atoms with van der Waals surface area (Å²) in [4.78, 5) is 22.0. The maximum absolute atomic E-state index is 13.2. The van der Waals surface area contributed by atoms with Crippen molar-refractivity contribution in [2.75, 3.05) is 7.11 Å². The molecule has 0 fully saturated rings. The van der Waals surface area contributed by atoms with Crippen LogP contribution in [-0.2, 0) is 12.3 Å². The number of methoxy groups -OCH3 is 1. The van der Waals surface area contributed by atoms with Crippen LogP contribution in [0.3, 0.4) is 0 Å². The summed E-state index contributed by atoms with van der Waals surface area (Å²) in [6.45, 7) is 0.402. The zero-order valence-corrected chi connectivity index (χ0v) is 16.2. The Labute approximate surface area is 167 Å². The predicted molar refractivity (Wildman–Crippen MR) is 112 cm³/mol. The van der Waals surface area contributed by atoms with E-state index in [1.54, 1.807) is 35.8 Å². The van der Waals surface area contributed by atoms with Crippen LogP contribution in [0.4, 0.5) is 0 Å². The molecule has 4 rings (SSSR count). The monoisotopic (exact) mass is 389 g/mol. The van der Waals surface area contributed by atoms with E-state index in [1.807, 2.05) is 60.7 Å². The molecule has 0 unspecified atom stereocenters. The van der Waals surface area contributed by atoms with Gasteiger partial charge in [-0.3, -0.25) is 14.3 Å². The maximum Gasteiger partial charge on any atom is 0.262 e. The van der Waals surface area contributed by atoms with Crippen LogP contribution in [0.5, 0.6) is 5.75 Å². The van der Waals surface area contributed by atoms with Crippen LogP contribution in [0.1, 0.15) is 11.1 Å². The van der Waals surface area contributed by atoms with Crippen molar-refractivity contribution in [1.29, 1.82) is 0 Å². The molecule has 6 heteroatoms. The van der Waals surface area contributed by atoms with Crippen LogP contribution in [0.2, 0.25) is 0 Å². The number of nitrogens with zero attached hydrogens (tertiary/aromatic N) is 3. The fourth-order valence-corrected chi connectivity index (χ4v) is 3.98. The second-order valence-electron chi connectivity index (χ2n) is 6.26. The molecule has 2 aromatic carbocycles. The van der Waals surface area contributed by atoms with Gasteiger partial charge in [-0.2, -0.15) is 0 Å². The quantitative estimate of drug-likeness (QED) is 0.366. The Bertz CT molecular complexity index is 1160. The van der Waals surface area contributed by atoms with Crippen molar-refractivity contribution in [3.8, 4) is 5.75 Å².